The van der Waals surface area contributed by atoms with E-state index in [1.807, 2.05) is 13.8 Å². The van der Waals surface area contributed by atoms with Crippen LogP contribution < -0.4 is 5.73 Å². The lowest BCUT2D eigenvalue weighted by Gasteiger charge is -2.30. The van der Waals surface area contributed by atoms with E-state index in [0.29, 0.717) is 18.8 Å². The molecule has 1 amide bonds. The van der Waals surface area contributed by atoms with Gasteiger partial charge in [-0.25, -0.2) is 8.42 Å². The third kappa shape index (κ3) is 4.74. The van der Waals surface area contributed by atoms with Crippen LogP contribution >= 0.6 is 0 Å². The van der Waals surface area contributed by atoms with Crippen molar-refractivity contribution in [2.24, 2.45) is 11.7 Å². The van der Waals surface area contributed by atoms with Gasteiger partial charge < -0.3 is 15.7 Å². The van der Waals surface area contributed by atoms with Crippen LogP contribution in [0, 0.1) is 5.92 Å². The van der Waals surface area contributed by atoms with Crippen molar-refractivity contribution in [3.63, 3.8) is 0 Å². The van der Waals surface area contributed by atoms with E-state index in [4.69, 9.17) is 10.8 Å². The summed E-state index contributed by atoms with van der Waals surface area (Å²) in [6, 6.07) is -0.974. The van der Waals surface area contributed by atoms with E-state index >= 15 is 0 Å². The molecule has 0 radical (unpaired) electrons. The zero-order chi connectivity index (χ0) is 14.6. The molecule has 6 nitrogen and oxygen atoms in total. The molecule has 1 heterocycles. The Kier molecular flexibility index (Phi) is 5.76. The number of nitrogens with zero attached hydrogens (tertiary/aromatic N) is 1. The molecule has 1 aliphatic rings. The summed E-state index contributed by atoms with van der Waals surface area (Å²) in [7, 11) is -3.06. The summed E-state index contributed by atoms with van der Waals surface area (Å²) < 4.78 is 23.0. The predicted octanol–water partition coefficient (Wildman–Crippen LogP) is -0.632. The topological polar surface area (TPSA) is 101 Å². The average molecular weight is 292 g/mol. The molecule has 0 aliphatic carbocycles. The van der Waals surface area contributed by atoms with Gasteiger partial charge in [0.25, 0.3) is 0 Å². The van der Waals surface area contributed by atoms with E-state index in [9.17, 15) is 13.2 Å². The molecule has 1 unspecified atom stereocenters. The van der Waals surface area contributed by atoms with Gasteiger partial charge in [-0.15, -0.1) is 0 Å². The standard InChI is InChI=1S/C12H24N2O4S/c1-9(2)7-11(13)12(16)14(4-5-15)10-3-6-19(17,18)8-10/h9-11,15H,3-8,13H2,1-2H3/t10?,11-/m0/s1. The summed E-state index contributed by atoms with van der Waals surface area (Å²) in [6.45, 7) is 3.91. The maximum absolute atomic E-state index is 12.3. The van der Waals surface area contributed by atoms with E-state index in [1.165, 1.54) is 4.90 Å². The van der Waals surface area contributed by atoms with Crippen molar-refractivity contribution < 1.29 is 18.3 Å². The van der Waals surface area contributed by atoms with Gasteiger partial charge in [0.05, 0.1) is 24.2 Å². The maximum atomic E-state index is 12.3. The quantitative estimate of drug-likeness (QED) is 0.678. The maximum Gasteiger partial charge on any atom is 0.239 e. The summed E-state index contributed by atoms with van der Waals surface area (Å²) in [6.07, 6.45) is 0.989. The lowest BCUT2D eigenvalue weighted by molar-refractivity contribution is -0.135. The molecule has 0 aromatic heterocycles. The Hall–Kier alpha value is -0.660. The number of rotatable bonds is 6. The van der Waals surface area contributed by atoms with Gasteiger partial charge in [0, 0.05) is 12.6 Å². The van der Waals surface area contributed by atoms with Crippen LogP contribution in [0.15, 0.2) is 0 Å². The second-order valence-electron chi connectivity index (χ2n) is 5.55. The number of amides is 1. The minimum atomic E-state index is -3.06. The average Bonchev–Trinajstić information content (AvgIpc) is 2.64. The number of hydrogen-bond donors (Lipinski definition) is 2. The van der Waals surface area contributed by atoms with Gasteiger partial charge >= 0.3 is 0 Å². The number of aliphatic hydroxyl groups excluding tert-OH is 1. The summed E-state index contributed by atoms with van der Waals surface area (Å²) in [5, 5.41) is 9.06. The Morgan fingerprint density at radius 3 is 2.53 bits per heavy atom. The van der Waals surface area contributed by atoms with Gasteiger partial charge in [-0.3, -0.25) is 4.79 Å². The lowest BCUT2D eigenvalue weighted by Crippen LogP contribution is -2.50. The molecule has 1 rings (SSSR count). The Morgan fingerprint density at radius 2 is 2.11 bits per heavy atom. The van der Waals surface area contributed by atoms with Crippen molar-refractivity contribution in [2.75, 3.05) is 24.7 Å². The van der Waals surface area contributed by atoms with Crippen LogP contribution in [0.1, 0.15) is 26.7 Å². The zero-order valence-electron chi connectivity index (χ0n) is 11.6. The van der Waals surface area contributed by atoms with Crippen LogP contribution in [0.25, 0.3) is 0 Å². The van der Waals surface area contributed by atoms with Crippen molar-refractivity contribution in [1.82, 2.24) is 4.90 Å². The van der Waals surface area contributed by atoms with Gasteiger partial charge in [0.1, 0.15) is 0 Å². The van der Waals surface area contributed by atoms with Gasteiger partial charge in [-0.1, -0.05) is 13.8 Å². The first-order valence-corrected chi connectivity index (χ1v) is 8.46. The molecule has 19 heavy (non-hydrogen) atoms. The fourth-order valence-corrected chi connectivity index (χ4v) is 4.15. The summed E-state index contributed by atoms with van der Waals surface area (Å²) in [4.78, 5) is 13.7. The van der Waals surface area contributed by atoms with Crippen molar-refractivity contribution in [3.05, 3.63) is 0 Å². The van der Waals surface area contributed by atoms with Crippen LogP contribution in [0.3, 0.4) is 0 Å². The molecule has 7 heteroatoms. The van der Waals surface area contributed by atoms with E-state index in [2.05, 4.69) is 0 Å². The highest BCUT2D eigenvalue weighted by Crippen LogP contribution is 2.19. The van der Waals surface area contributed by atoms with Crippen LogP contribution in [-0.4, -0.2) is 61.1 Å². The van der Waals surface area contributed by atoms with Crippen LogP contribution in [0.4, 0.5) is 0 Å². The number of carbonyl (C=O) groups excluding carboxylic acids is 1. The highest BCUT2D eigenvalue weighted by molar-refractivity contribution is 7.91. The first-order chi connectivity index (χ1) is 8.76. The SMILES string of the molecule is CC(C)C[C@H](N)C(=O)N(CCO)C1CCS(=O)(=O)C1. The first kappa shape index (κ1) is 16.4. The second-order valence-corrected chi connectivity index (χ2v) is 7.78. The molecule has 1 aliphatic heterocycles. The zero-order valence-corrected chi connectivity index (χ0v) is 12.4. The Bertz CT molecular complexity index is 408. The number of sulfone groups is 1. The summed E-state index contributed by atoms with van der Waals surface area (Å²) >= 11 is 0. The van der Waals surface area contributed by atoms with Crippen molar-refractivity contribution >= 4 is 15.7 Å². The fourth-order valence-electron chi connectivity index (χ4n) is 2.42. The molecule has 3 N–H and O–H groups in total. The summed E-state index contributed by atoms with van der Waals surface area (Å²) in [5.74, 6) is 0.117. The molecule has 1 fully saturated rings. The summed E-state index contributed by atoms with van der Waals surface area (Å²) in [5.41, 5.74) is 5.86. The van der Waals surface area contributed by atoms with Gasteiger partial charge in [0.15, 0.2) is 9.84 Å². The molecule has 0 bridgehead atoms. The van der Waals surface area contributed by atoms with Crippen molar-refractivity contribution in [2.45, 2.75) is 38.8 Å². The Balaban J connectivity index is 2.74. The predicted molar refractivity (Wildman–Crippen MR) is 73.3 cm³/mol. The number of nitrogens with two attached hydrogens (primary N) is 1. The van der Waals surface area contributed by atoms with E-state index in [0.717, 1.165) is 0 Å². The van der Waals surface area contributed by atoms with Gasteiger partial charge in [0.2, 0.25) is 5.91 Å². The van der Waals surface area contributed by atoms with Gasteiger partial charge in [-0.2, -0.15) is 0 Å². The minimum absolute atomic E-state index is 0.0207. The second kappa shape index (κ2) is 6.67. The van der Waals surface area contributed by atoms with E-state index in [1.54, 1.807) is 0 Å². The number of hydrogen-bond acceptors (Lipinski definition) is 5. The molecule has 0 aromatic carbocycles. The van der Waals surface area contributed by atoms with Crippen LogP contribution in [0.5, 0.6) is 0 Å². The van der Waals surface area contributed by atoms with Crippen LogP contribution in [0.2, 0.25) is 0 Å². The minimum Gasteiger partial charge on any atom is -0.395 e. The highest BCUT2D eigenvalue weighted by atomic mass is 32.2. The lowest BCUT2D eigenvalue weighted by atomic mass is 10.0. The third-order valence-electron chi connectivity index (χ3n) is 3.32. The van der Waals surface area contributed by atoms with Gasteiger partial charge in [-0.05, 0) is 18.8 Å². The molecule has 1 saturated heterocycles. The molecule has 0 saturated carbocycles. The first-order valence-electron chi connectivity index (χ1n) is 6.64. The number of carbonyl (C=O) groups is 1. The Labute approximate surface area is 114 Å². The molecular weight excluding hydrogens is 268 g/mol. The Morgan fingerprint density at radius 1 is 1.47 bits per heavy atom. The molecule has 0 spiro atoms. The smallest absolute Gasteiger partial charge is 0.239 e. The molecular formula is C12H24N2O4S. The van der Waals surface area contributed by atoms with Crippen LogP contribution in [-0.2, 0) is 14.6 Å². The monoisotopic (exact) mass is 292 g/mol. The fraction of sp³-hybridized carbons (Fsp3) is 0.917. The normalized spacial score (nSPS) is 23.5. The highest BCUT2D eigenvalue weighted by Gasteiger charge is 2.35. The molecule has 2 atom stereocenters. The molecule has 112 valence electrons. The van der Waals surface area contributed by atoms with Crippen molar-refractivity contribution in [3.8, 4) is 0 Å². The molecule has 0 aromatic rings. The largest absolute Gasteiger partial charge is 0.395 e. The number of aliphatic hydroxyl groups is 1. The van der Waals surface area contributed by atoms with E-state index in [-0.39, 0.29) is 36.6 Å². The van der Waals surface area contributed by atoms with E-state index < -0.39 is 15.9 Å². The van der Waals surface area contributed by atoms with Crippen molar-refractivity contribution in [1.29, 1.82) is 0 Å². The third-order valence-corrected chi connectivity index (χ3v) is 5.07.